The summed E-state index contributed by atoms with van der Waals surface area (Å²) in [7, 11) is 0. The van der Waals surface area contributed by atoms with Crippen LogP contribution in [0, 0.1) is 0 Å². The van der Waals surface area contributed by atoms with Crippen LogP contribution in [0.25, 0.3) is 12.7 Å². The van der Waals surface area contributed by atoms with E-state index in [1.54, 1.807) is 0 Å². The van der Waals surface area contributed by atoms with Crippen molar-refractivity contribution < 1.29 is 0 Å². The number of rotatable bonds is 1. The Morgan fingerprint density at radius 1 is 1.24 bits per heavy atom. The quantitative estimate of drug-likeness (QED) is 0.756. The first-order valence-electron chi connectivity index (χ1n) is 6.40. The molecule has 1 heterocycles. The molecule has 1 saturated heterocycles. The van der Waals surface area contributed by atoms with Crippen LogP contribution < -0.4 is 20.7 Å². The van der Waals surface area contributed by atoms with Crippen LogP contribution in [0.4, 0.5) is 5.69 Å². The van der Waals surface area contributed by atoms with E-state index in [0.29, 0.717) is 0 Å². The highest BCUT2D eigenvalue weighted by molar-refractivity contribution is 5.63. The highest BCUT2D eigenvalue weighted by Crippen LogP contribution is 2.28. The van der Waals surface area contributed by atoms with Gasteiger partial charge in [0, 0.05) is 37.3 Å². The lowest BCUT2D eigenvalue weighted by molar-refractivity contribution is 0.587. The van der Waals surface area contributed by atoms with Gasteiger partial charge in [-0.1, -0.05) is 26.5 Å². The molecular formula is C15H20N2. The molecule has 1 aliphatic carbocycles. The van der Waals surface area contributed by atoms with E-state index < -0.39 is 0 Å². The van der Waals surface area contributed by atoms with Crippen LogP contribution in [0.2, 0.25) is 0 Å². The number of hydrogen-bond donors (Lipinski definition) is 1. The maximum atomic E-state index is 4.22. The second kappa shape index (κ2) is 3.61. The lowest BCUT2D eigenvalue weighted by Gasteiger charge is -2.34. The molecule has 2 heteroatoms. The van der Waals surface area contributed by atoms with Crippen LogP contribution >= 0.6 is 0 Å². The minimum Gasteiger partial charge on any atom is -0.369 e. The fraction of sp³-hybridized carbons (Fsp3) is 0.467. The summed E-state index contributed by atoms with van der Waals surface area (Å²) in [6.07, 6.45) is 2.35. The second-order valence-corrected chi connectivity index (χ2v) is 5.67. The molecule has 0 radical (unpaired) electrons. The van der Waals surface area contributed by atoms with Gasteiger partial charge in [0.15, 0.2) is 0 Å². The van der Waals surface area contributed by atoms with Gasteiger partial charge in [-0.2, -0.15) is 0 Å². The van der Waals surface area contributed by atoms with Crippen molar-refractivity contribution in [1.82, 2.24) is 5.32 Å². The second-order valence-electron chi connectivity index (χ2n) is 5.67. The molecule has 17 heavy (non-hydrogen) atoms. The van der Waals surface area contributed by atoms with Gasteiger partial charge in [0.25, 0.3) is 0 Å². The van der Waals surface area contributed by atoms with Crippen molar-refractivity contribution in [2.45, 2.75) is 19.3 Å². The van der Waals surface area contributed by atoms with E-state index in [4.69, 9.17) is 0 Å². The van der Waals surface area contributed by atoms with Crippen molar-refractivity contribution in [3.05, 3.63) is 28.1 Å². The number of fused-ring (bicyclic) bond motifs is 1. The van der Waals surface area contributed by atoms with Gasteiger partial charge in [0.2, 0.25) is 0 Å². The van der Waals surface area contributed by atoms with E-state index in [0.717, 1.165) is 26.2 Å². The molecule has 0 atom stereocenters. The minimum atomic E-state index is 0.240. The lowest BCUT2D eigenvalue weighted by Crippen LogP contribution is -2.46. The Kier molecular flexibility index (Phi) is 2.30. The average molecular weight is 228 g/mol. The summed E-state index contributed by atoms with van der Waals surface area (Å²) in [4.78, 5) is 2.44. The summed E-state index contributed by atoms with van der Waals surface area (Å²) in [5.74, 6) is 0. The van der Waals surface area contributed by atoms with Crippen molar-refractivity contribution in [3.63, 3.8) is 0 Å². The summed E-state index contributed by atoms with van der Waals surface area (Å²) in [5, 5.41) is 5.96. The highest BCUT2D eigenvalue weighted by Gasteiger charge is 2.27. The molecule has 0 spiro atoms. The first kappa shape index (κ1) is 10.8. The predicted molar refractivity (Wildman–Crippen MR) is 73.8 cm³/mol. The zero-order valence-electron chi connectivity index (χ0n) is 10.7. The number of nitrogens with one attached hydrogen (secondary N) is 1. The van der Waals surface area contributed by atoms with E-state index in [2.05, 4.69) is 48.9 Å². The Hall–Kier alpha value is -1.28. The monoisotopic (exact) mass is 228 g/mol. The van der Waals surface area contributed by atoms with Crippen LogP contribution in [0.5, 0.6) is 0 Å². The van der Waals surface area contributed by atoms with Crippen LogP contribution in [-0.2, 0) is 5.41 Å². The number of hydrogen-bond acceptors (Lipinski definition) is 2. The maximum absolute atomic E-state index is 4.22. The molecule has 1 N–H and O–H groups in total. The van der Waals surface area contributed by atoms with E-state index in [1.165, 1.54) is 21.7 Å². The largest absolute Gasteiger partial charge is 0.369 e. The van der Waals surface area contributed by atoms with Crippen LogP contribution in [0.1, 0.15) is 19.4 Å². The summed E-state index contributed by atoms with van der Waals surface area (Å²) in [6.45, 7) is 13.1. The SMILES string of the molecule is C=c1cc2c(cc1N1CCNCC1)=CC2(C)C. The molecule has 3 rings (SSSR count). The molecule has 2 aliphatic rings. The third-order valence-electron chi connectivity index (χ3n) is 3.92. The van der Waals surface area contributed by atoms with Gasteiger partial charge in [-0.15, -0.1) is 0 Å². The summed E-state index contributed by atoms with van der Waals surface area (Å²) in [6, 6.07) is 4.58. The Morgan fingerprint density at radius 2 is 1.94 bits per heavy atom. The Morgan fingerprint density at radius 3 is 2.59 bits per heavy atom. The smallest absolute Gasteiger partial charge is 0.0440 e. The van der Waals surface area contributed by atoms with Gasteiger partial charge in [-0.25, -0.2) is 0 Å². The molecule has 0 saturated carbocycles. The number of piperazine rings is 1. The summed E-state index contributed by atoms with van der Waals surface area (Å²) in [5.41, 5.74) is 3.00. The van der Waals surface area contributed by atoms with Gasteiger partial charge in [0.1, 0.15) is 0 Å². The summed E-state index contributed by atoms with van der Waals surface area (Å²) < 4.78 is 0. The molecule has 0 unspecified atom stereocenters. The minimum absolute atomic E-state index is 0.240. The van der Waals surface area contributed by atoms with Crippen molar-refractivity contribution in [2.24, 2.45) is 0 Å². The molecular weight excluding hydrogens is 208 g/mol. The maximum Gasteiger partial charge on any atom is 0.0440 e. The highest BCUT2D eigenvalue weighted by atomic mass is 15.2. The fourth-order valence-corrected chi connectivity index (χ4v) is 2.92. The zero-order chi connectivity index (χ0) is 12.0. The number of anilines is 1. The third-order valence-corrected chi connectivity index (χ3v) is 3.92. The molecule has 0 amide bonds. The van der Waals surface area contributed by atoms with Gasteiger partial charge in [-0.05, 0) is 28.1 Å². The Labute approximate surface area is 103 Å². The van der Waals surface area contributed by atoms with Crippen LogP contribution in [-0.4, -0.2) is 26.2 Å². The molecule has 1 aliphatic heterocycles. The van der Waals surface area contributed by atoms with Crippen LogP contribution in [0.15, 0.2) is 12.1 Å². The molecule has 2 nitrogen and oxygen atoms in total. The molecule has 1 aromatic rings. The van der Waals surface area contributed by atoms with E-state index in [1.807, 2.05) is 0 Å². The molecule has 90 valence electrons. The van der Waals surface area contributed by atoms with Crippen molar-refractivity contribution in [1.29, 1.82) is 0 Å². The fourth-order valence-electron chi connectivity index (χ4n) is 2.92. The van der Waals surface area contributed by atoms with Crippen molar-refractivity contribution >= 4 is 18.3 Å². The molecule has 1 fully saturated rings. The van der Waals surface area contributed by atoms with Gasteiger partial charge >= 0.3 is 0 Å². The third kappa shape index (κ3) is 1.67. The Bertz CT molecular complexity index is 551. The van der Waals surface area contributed by atoms with E-state index in [-0.39, 0.29) is 5.41 Å². The topological polar surface area (TPSA) is 15.3 Å². The van der Waals surface area contributed by atoms with Gasteiger partial charge in [-0.3, -0.25) is 0 Å². The first-order valence-corrected chi connectivity index (χ1v) is 6.40. The molecule has 1 aromatic carbocycles. The predicted octanol–water partition coefficient (Wildman–Crippen LogP) is 0.578. The summed E-state index contributed by atoms with van der Waals surface area (Å²) >= 11 is 0. The normalized spacial score (nSPS) is 21.4. The van der Waals surface area contributed by atoms with Gasteiger partial charge < -0.3 is 10.2 Å². The average Bonchev–Trinajstić information content (AvgIpc) is 2.32. The molecule has 0 aromatic heterocycles. The van der Waals surface area contributed by atoms with Crippen LogP contribution in [0.3, 0.4) is 0 Å². The van der Waals surface area contributed by atoms with Crippen molar-refractivity contribution in [2.75, 3.05) is 31.1 Å². The number of nitrogens with zero attached hydrogens (tertiary/aromatic N) is 1. The van der Waals surface area contributed by atoms with Gasteiger partial charge in [0.05, 0.1) is 0 Å². The Balaban J connectivity index is 2.02. The van der Waals surface area contributed by atoms with Crippen molar-refractivity contribution in [3.8, 4) is 0 Å². The molecule has 0 bridgehead atoms. The number of benzene rings is 1. The standard InChI is InChI=1S/C15H20N2/c1-11-8-13-12(10-15(13,2)3)9-14(11)17-6-4-16-5-7-17/h8-10,16H,1,4-7H2,2-3H3. The zero-order valence-corrected chi connectivity index (χ0v) is 10.7. The van der Waals surface area contributed by atoms with E-state index >= 15 is 0 Å². The van der Waals surface area contributed by atoms with E-state index in [9.17, 15) is 0 Å². The first-order chi connectivity index (χ1) is 8.08. The lowest BCUT2D eigenvalue weighted by atomic mass is 9.74.